The molecule has 0 radical (unpaired) electrons. The smallest absolute Gasteiger partial charge is 0.748 e. The van der Waals surface area contributed by atoms with E-state index >= 15 is 0 Å². The van der Waals surface area contributed by atoms with Crippen molar-refractivity contribution in [2.75, 3.05) is 6.26 Å². The maximum atomic E-state index is 10.6. The summed E-state index contributed by atoms with van der Waals surface area (Å²) in [6.07, 6.45) is 1.03. The Balaban J connectivity index is 0.000000677. The Morgan fingerprint density at radius 3 is 1.11 bits per heavy atom. The average molecular weight is 1310 g/mol. The molecule has 0 heterocycles. The van der Waals surface area contributed by atoms with E-state index in [4.69, 9.17) is 15.8 Å². The van der Waals surface area contributed by atoms with Crippen LogP contribution in [0.4, 0.5) is 0 Å². The van der Waals surface area contributed by atoms with Gasteiger partial charge in [0.05, 0.1) is 41.1 Å². The van der Waals surface area contributed by atoms with E-state index in [9.17, 15) is 29.8 Å². The van der Waals surface area contributed by atoms with Crippen LogP contribution in [0.1, 0.15) is 27.8 Å². The zero-order chi connectivity index (χ0) is 41.7. The quantitative estimate of drug-likeness (QED) is 0.0384. The van der Waals surface area contributed by atoms with Crippen molar-refractivity contribution in [1.29, 1.82) is 0 Å². The third-order valence-electron chi connectivity index (χ3n) is 6.03. The van der Waals surface area contributed by atoms with Crippen LogP contribution in [0.15, 0.2) is 144 Å². The van der Waals surface area contributed by atoms with Crippen molar-refractivity contribution >= 4 is 142 Å². The summed E-state index contributed by atoms with van der Waals surface area (Å²) in [6, 6.07) is 36.8. The molecule has 300 valence electrons. The number of alkyl halides is 1. The number of aliphatic hydroxyl groups is 1. The predicted molar refractivity (Wildman–Crippen MR) is 246 cm³/mol. The molecular formula is C36H34Br5ClIKO9S3. The molecule has 0 fully saturated rings. The zero-order valence-corrected chi connectivity index (χ0v) is 46.1. The minimum absolute atomic E-state index is 0. The molecule has 0 bridgehead atoms. The topological polar surface area (TPSA) is 155 Å². The average Bonchev–Trinajstić information content (AvgIpc) is 3.10. The Kier molecular flexibility index (Phi) is 30.5. The second-order valence-electron chi connectivity index (χ2n) is 10.8. The van der Waals surface area contributed by atoms with E-state index in [0.717, 1.165) is 44.2 Å². The minimum Gasteiger partial charge on any atom is -0.748 e. The standard InChI is InChI=1S/C8H9BrO3S.C7H6BrClO2S.C7H6BrI.C7H7BrO3S.C7H7BrO.K/c1-13(10,11)12-6-7-2-4-8(9)5-3-7;8-7-3-1-6(2-4-7)5-12(9,10)11;8-7-3-1-6(5-9)2-4-7;8-7-3-1-6(2-4-7)5-12(9,10)11;8-7-3-1-6(5-9)2-4-7;/h2-5H,6H2,1H3;1-4H,5H2;1-4H,5H2;1-4H,5H2,(H,9,10,11);1-4,9H,5H2;/q;;;;;+1/p-1. The van der Waals surface area contributed by atoms with Crippen molar-refractivity contribution in [3.8, 4) is 0 Å². The van der Waals surface area contributed by atoms with Gasteiger partial charge in [0.25, 0.3) is 10.1 Å². The van der Waals surface area contributed by atoms with Gasteiger partial charge in [-0.15, -0.1) is 0 Å². The summed E-state index contributed by atoms with van der Waals surface area (Å²) in [5, 5.41) is 8.61. The van der Waals surface area contributed by atoms with Crippen LogP contribution in [-0.2, 0) is 62.6 Å². The third kappa shape index (κ3) is 31.7. The van der Waals surface area contributed by atoms with Gasteiger partial charge in [-0.05, 0) is 88.5 Å². The maximum Gasteiger partial charge on any atom is 1.00 e. The number of benzene rings is 5. The van der Waals surface area contributed by atoms with Gasteiger partial charge in [-0.2, -0.15) is 8.42 Å². The number of aliphatic hydroxyl groups excluding tert-OH is 1. The first-order valence-electron chi connectivity index (χ1n) is 15.2. The summed E-state index contributed by atoms with van der Waals surface area (Å²) in [5.74, 6) is -0.567. The molecule has 0 aliphatic rings. The van der Waals surface area contributed by atoms with Gasteiger partial charge >= 0.3 is 51.4 Å². The fraction of sp³-hybridized carbons (Fsp3) is 0.167. The first kappa shape index (κ1) is 56.9. The normalized spacial score (nSPS) is 10.7. The largest absolute Gasteiger partial charge is 1.00 e. The Bertz CT molecular complexity index is 2070. The van der Waals surface area contributed by atoms with E-state index in [1.54, 1.807) is 60.7 Å². The Labute approximate surface area is 432 Å². The molecule has 0 spiro atoms. The van der Waals surface area contributed by atoms with Crippen molar-refractivity contribution in [1.82, 2.24) is 0 Å². The first-order valence-corrected chi connectivity index (χ1v) is 26.5. The molecule has 5 aromatic rings. The van der Waals surface area contributed by atoms with Gasteiger partial charge in [-0.25, -0.2) is 16.8 Å². The van der Waals surface area contributed by atoms with Crippen molar-refractivity contribution in [3.05, 3.63) is 172 Å². The molecule has 0 amide bonds. The van der Waals surface area contributed by atoms with Gasteiger partial charge in [0.15, 0.2) is 0 Å². The maximum absolute atomic E-state index is 10.6. The number of hydrogen-bond acceptors (Lipinski definition) is 9. The van der Waals surface area contributed by atoms with Crippen LogP contribution in [0.5, 0.6) is 0 Å². The molecule has 56 heavy (non-hydrogen) atoms. The molecule has 5 aromatic carbocycles. The molecule has 0 atom stereocenters. The summed E-state index contributed by atoms with van der Waals surface area (Å²) in [5.41, 5.74) is 4.34. The second-order valence-corrected chi connectivity index (χ2v) is 21.9. The van der Waals surface area contributed by atoms with Crippen LogP contribution in [0.25, 0.3) is 0 Å². The van der Waals surface area contributed by atoms with Crippen LogP contribution < -0.4 is 51.4 Å². The molecule has 0 aliphatic heterocycles. The summed E-state index contributed by atoms with van der Waals surface area (Å²) in [7, 11) is -5.86. The molecule has 1 N–H and O–H groups in total. The predicted octanol–water partition coefficient (Wildman–Crippen LogP) is 8.27. The van der Waals surface area contributed by atoms with Gasteiger partial charge in [-0.1, -0.05) is 163 Å². The minimum atomic E-state index is -4.16. The van der Waals surface area contributed by atoms with Crippen molar-refractivity contribution in [2.45, 2.75) is 29.1 Å². The van der Waals surface area contributed by atoms with Crippen LogP contribution in [0.2, 0.25) is 0 Å². The van der Waals surface area contributed by atoms with Gasteiger partial charge in [0.2, 0.25) is 9.05 Å². The van der Waals surface area contributed by atoms with Gasteiger partial charge in [0.1, 0.15) is 0 Å². The SMILES string of the molecule is Brc1ccc(CI)cc1.CS(=O)(=O)OCc1ccc(Br)cc1.O=S(=O)(Cl)Cc1ccc(Br)cc1.O=S(=O)([O-])Cc1ccc(Br)cc1.OCc1ccc(Br)cc1.[K+]. The van der Waals surface area contributed by atoms with Crippen molar-refractivity contribution < 1.29 is 90.5 Å². The van der Waals surface area contributed by atoms with Gasteiger partial charge in [0, 0.05) is 37.5 Å². The molecule has 20 heteroatoms. The third-order valence-corrected chi connectivity index (χ3v) is 11.8. The molecule has 0 saturated carbocycles. The molecule has 0 unspecified atom stereocenters. The van der Waals surface area contributed by atoms with Gasteiger partial charge in [-0.3, -0.25) is 4.18 Å². The summed E-state index contributed by atoms with van der Waals surface area (Å²) in [4.78, 5) is 0. The number of rotatable bonds is 9. The molecule has 0 saturated heterocycles. The zero-order valence-electron chi connectivity index (χ0n) is 29.7. The summed E-state index contributed by atoms with van der Waals surface area (Å²) < 4.78 is 84.1. The van der Waals surface area contributed by atoms with Crippen LogP contribution in [0.3, 0.4) is 0 Å². The van der Waals surface area contributed by atoms with Crippen LogP contribution in [-0.4, -0.2) is 41.2 Å². The van der Waals surface area contributed by atoms with E-state index in [0.29, 0.717) is 11.1 Å². The summed E-state index contributed by atoms with van der Waals surface area (Å²) in [6.45, 7) is 0.208. The molecule has 0 aromatic heterocycles. The second kappa shape index (κ2) is 30.0. The fourth-order valence-corrected chi connectivity index (χ4v) is 7.23. The molecule has 9 nitrogen and oxygen atoms in total. The van der Waals surface area contributed by atoms with Crippen molar-refractivity contribution in [2.24, 2.45) is 0 Å². The Morgan fingerprint density at radius 2 is 0.839 bits per heavy atom. The van der Waals surface area contributed by atoms with Crippen LogP contribution >= 0.6 is 113 Å². The monoisotopic (exact) mass is 1300 g/mol. The van der Waals surface area contributed by atoms with Gasteiger partial charge < -0.3 is 9.66 Å². The molecular weight excluding hydrogens is 1270 g/mol. The van der Waals surface area contributed by atoms with E-state index in [1.165, 1.54) is 5.56 Å². The first-order chi connectivity index (χ1) is 25.6. The molecule has 5 rings (SSSR count). The number of hydrogen-bond donors (Lipinski definition) is 1. The molecule has 0 aliphatic carbocycles. The Hall–Kier alpha value is 0.886. The number of halogens is 7. The van der Waals surface area contributed by atoms with E-state index in [1.807, 2.05) is 36.4 Å². The van der Waals surface area contributed by atoms with E-state index < -0.39 is 35.0 Å². The van der Waals surface area contributed by atoms with E-state index in [-0.39, 0.29) is 70.4 Å². The van der Waals surface area contributed by atoms with Crippen molar-refractivity contribution in [3.63, 3.8) is 0 Å². The van der Waals surface area contributed by atoms with Crippen LogP contribution in [0, 0.1) is 0 Å². The fourth-order valence-electron chi connectivity index (χ4n) is 3.48. The Morgan fingerprint density at radius 1 is 0.554 bits per heavy atom. The summed E-state index contributed by atoms with van der Waals surface area (Å²) >= 11 is 18.7. The van der Waals surface area contributed by atoms with E-state index in [2.05, 4.69) is 131 Å².